The van der Waals surface area contributed by atoms with Crippen LogP contribution in [0.4, 0.5) is 11.4 Å². The smallest absolute Gasteiger partial charge is 0.255 e. The number of halogens is 1. The van der Waals surface area contributed by atoms with Gasteiger partial charge in [0, 0.05) is 17.6 Å². The molecule has 0 spiro atoms. The second-order valence-corrected chi connectivity index (χ2v) is 10.3. The molecule has 3 rings (SSSR count). The monoisotopic (exact) mass is 507 g/mol. The predicted octanol–water partition coefficient (Wildman–Crippen LogP) is 3.87. The highest BCUT2D eigenvalue weighted by Crippen LogP contribution is 2.28. The Hall–Kier alpha value is -2.39. The van der Waals surface area contributed by atoms with Crippen LogP contribution < -0.4 is 9.62 Å². The van der Waals surface area contributed by atoms with Crippen LogP contribution in [0.15, 0.2) is 53.0 Å². The molecule has 0 bridgehead atoms. The molecule has 7 nitrogen and oxygen atoms in total. The second-order valence-electron chi connectivity index (χ2n) is 7.52. The van der Waals surface area contributed by atoms with Crippen LogP contribution >= 0.6 is 15.9 Å². The molecule has 0 radical (unpaired) electrons. The van der Waals surface area contributed by atoms with Crippen LogP contribution in [0.2, 0.25) is 0 Å². The number of carbonyl (C=O) groups excluding carboxylic acids is 2. The van der Waals surface area contributed by atoms with E-state index in [2.05, 4.69) is 21.2 Å². The Labute approximate surface area is 191 Å². The van der Waals surface area contributed by atoms with Crippen LogP contribution in [-0.2, 0) is 14.8 Å². The van der Waals surface area contributed by atoms with Gasteiger partial charge in [0.2, 0.25) is 15.9 Å². The fourth-order valence-corrected chi connectivity index (χ4v) is 5.06. The summed E-state index contributed by atoms with van der Waals surface area (Å²) < 4.78 is 26.3. The largest absolute Gasteiger partial charge is 0.339 e. The van der Waals surface area contributed by atoms with E-state index in [4.69, 9.17) is 0 Å². The third-order valence-electron chi connectivity index (χ3n) is 5.13. The normalized spacial score (nSPS) is 14.6. The minimum Gasteiger partial charge on any atom is -0.339 e. The summed E-state index contributed by atoms with van der Waals surface area (Å²) in [6.07, 6.45) is 5.21. The molecule has 0 aromatic heterocycles. The van der Waals surface area contributed by atoms with Gasteiger partial charge in [-0.05, 0) is 53.0 Å². The summed E-state index contributed by atoms with van der Waals surface area (Å²) in [4.78, 5) is 27.7. The minimum atomic E-state index is -3.71. The van der Waals surface area contributed by atoms with Gasteiger partial charge in [-0.3, -0.25) is 13.9 Å². The van der Waals surface area contributed by atoms with Gasteiger partial charge in [-0.1, -0.05) is 37.1 Å². The first-order chi connectivity index (χ1) is 14.8. The molecular formula is C22H26BrN3O4S. The van der Waals surface area contributed by atoms with Gasteiger partial charge in [0.1, 0.15) is 6.54 Å². The zero-order valence-corrected chi connectivity index (χ0v) is 19.8. The number of carbonyl (C=O) groups is 2. The van der Waals surface area contributed by atoms with Crippen LogP contribution in [0.3, 0.4) is 0 Å². The number of rotatable bonds is 6. The Balaban J connectivity index is 1.80. The Morgan fingerprint density at radius 3 is 2.26 bits per heavy atom. The molecule has 1 aliphatic heterocycles. The quantitative estimate of drug-likeness (QED) is 0.642. The lowest BCUT2D eigenvalue weighted by Gasteiger charge is -2.24. The van der Waals surface area contributed by atoms with E-state index in [0.29, 0.717) is 34.5 Å². The van der Waals surface area contributed by atoms with Crippen molar-refractivity contribution in [2.45, 2.75) is 25.7 Å². The van der Waals surface area contributed by atoms with Crippen molar-refractivity contribution in [3.8, 4) is 0 Å². The molecule has 166 valence electrons. The molecule has 0 unspecified atom stereocenters. The Kier molecular flexibility index (Phi) is 7.72. The summed E-state index contributed by atoms with van der Waals surface area (Å²) in [5.74, 6) is -0.652. The van der Waals surface area contributed by atoms with Crippen molar-refractivity contribution in [3.05, 3.63) is 58.6 Å². The second kappa shape index (κ2) is 10.3. The molecule has 9 heteroatoms. The van der Waals surface area contributed by atoms with Crippen molar-refractivity contribution in [1.82, 2.24) is 4.90 Å². The SMILES string of the molecule is CS(=O)(=O)N(CC(=O)Nc1ccccc1C(=O)N1CCCCCC1)c1ccccc1Br. The van der Waals surface area contributed by atoms with Gasteiger partial charge in [0.05, 0.1) is 23.2 Å². The van der Waals surface area contributed by atoms with E-state index in [1.807, 2.05) is 4.90 Å². The molecule has 0 saturated carbocycles. The molecule has 2 aromatic carbocycles. The summed E-state index contributed by atoms with van der Waals surface area (Å²) in [6, 6.07) is 13.6. The fourth-order valence-electron chi connectivity index (χ4n) is 3.58. The average molecular weight is 508 g/mol. The number of nitrogens with one attached hydrogen (secondary N) is 1. The standard InChI is InChI=1S/C22H26BrN3O4S/c1-31(29,30)26(20-13-7-5-11-18(20)23)16-21(27)24-19-12-6-4-10-17(19)22(28)25-14-8-2-3-9-15-25/h4-7,10-13H,2-3,8-9,14-16H2,1H3,(H,24,27). The average Bonchev–Trinajstić information content (AvgIpc) is 3.01. The van der Waals surface area contributed by atoms with E-state index in [9.17, 15) is 18.0 Å². The van der Waals surface area contributed by atoms with Crippen molar-refractivity contribution in [2.75, 3.05) is 35.5 Å². The van der Waals surface area contributed by atoms with E-state index >= 15 is 0 Å². The van der Waals surface area contributed by atoms with Crippen molar-refractivity contribution in [2.24, 2.45) is 0 Å². The topological polar surface area (TPSA) is 86.8 Å². The van der Waals surface area contributed by atoms with Crippen LogP contribution in [0.1, 0.15) is 36.0 Å². The molecule has 1 heterocycles. The fraction of sp³-hybridized carbons (Fsp3) is 0.364. The first-order valence-corrected chi connectivity index (χ1v) is 12.8. The van der Waals surface area contributed by atoms with Crippen LogP contribution in [-0.4, -0.2) is 51.0 Å². The van der Waals surface area contributed by atoms with Gasteiger partial charge in [-0.2, -0.15) is 0 Å². The van der Waals surface area contributed by atoms with Crippen LogP contribution in [0.25, 0.3) is 0 Å². The lowest BCUT2D eigenvalue weighted by Crippen LogP contribution is -2.38. The van der Waals surface area contributed by atoms with Crippen molar-refractivity contribution in [1.29, 1.82) is 0 Å². The van der Waals surface area contributed by atoms with Crippen molar-refractivity contribution < 1.29 is 18.0 Å². The van der Waals surface area contributed by atoms with Crippen LogP contribution in [0.5, 0.6) is 0 Å². The summed E-state index contributed by atoms with van der Waals surface area (Å²) in [7, 11) is -3.71. The maximum absolute atomic E-state index is 13.1. The highest BCUT2D eigenvalue weighted by molar-refractivity contribution is 9.10. The van der Waals surface area contributed by atoms with E-state index in [0.717, 1.165) is 36.2 Å². The third kappa shape index (κ3) is 6.07. The Bertz CT molecular complexity index is 1050. The van der Waals surface area contributed by atoms with Crippen molar-refractivity contribution >= 4 is 49.1 Å². The lowest BCUT2D eigenvalue weighted by atomic mass is 10.1. The first kappa shape index (κ1) is 23.3. The zero-order valence-electron chi connectivity index (χ0n) is 17.4. The Morgan fingerprint density at radius 1 is 1.00 bits per heavy atom. The highest BCUT2D eigenvalue weighted by atomic mass is 79.9. The number of amides is 2. The third-order valence-corrected chi connectivity index (χ3v) is 6.93. The number of nitrogens with zero attached hydrogens (tertiary/aromatic N) is 2. The summed E-state index contributed by atoms with van der Waals surface area (Å²) in [6.45, 7) is 0.990. The lowest BCUT2D eigenvalue weighted by molar-refractivity contribution is -0.114. The first-order valence-electron chi connectivity index (χ1n) is 10.2. The number of likely N-dealkylation sites (tertiary alicyclic amines) is 1. The van der Waals surface area contributed by atoms with Crippen LogP contribution in [0, 0.1) is 0 Å². The van der Waals surface area contributed by atoms with Gasteiger partial charge in [0.15, 0.2) is 0 Å². The molecule has 1 saturated heterocycles. The number of benzene rings is 2. The zero-order chi connectivity index (χ0) is 22.4. The van der Waals surface area contributed by atoms with Gasteiger partial charge < -0.3 is 10.2 Å². The molecule has 0 aliphatic carbocycles. The van der Waals surface area contributed by atoms with E-state index < -0.39 is 22.5 Å². The highest BCUT2D eigenvalue weighted by Gasteiger charge is 2.24. The molecule has 1 N–H and O–H groups in total. The predicted molar refractivity (Wildman–Crippen MR) is 126 cm³/mol. The molecular weight excluding hydrogens is 482 g/mol. The summed E-state index contributed by atoms with van der Waals surface area (Å²) in [5.41, 5.74) is 1.15. The number of sulfonamides is 1. The molecule has 2 amide bonds. The maximum Gasteiger partial charge on any atom is 0.255 e. The minimum absolute atomic E-state index is 0.122. The van der Waals surface area contributed by atoms with Gasteiger partial charge in [0.25, 0.3) is 5.91 Å². The summed E-state index contributed by atoms with van der Waals surface area (Å²) >= 11 is 3.34. The van der Waals surface area contributed by atoms with E-state index in [1.54, 1.807) is 48.5 Å². The molecule has 1 fully saturated rings. The van der Waals surface area contributed by atoms with E-state index in [-0.39, 0.29) is 5.91 Å². The molecule has 1 aliphatic rings. The Morgan fingerprint density at radius 2 is 1.61 bits per heavy atom. The molecule has 31 heavy (non-hydrogen) atoms. The molecule has 2 aromatic rings. The van der Waals surface area contributed by atoms with Gasteiger partial charge >= 0.3 is 0 Å². The van der Waals surface area contributed by atoms with Crippen molar-refractivity contribution in [3.63, 3.8) is 0 Å². The van der Waals surface area contributed by atoms with Gasteiger partial charge in [-0.15, -0.1) is 0 Å². The number of anilines is 2. The molecule has 0 atom stereocenters. The van der Waals surface area contributed by atoms with E-state index in [1.165, 1.54) is 0 Å². The van der Waals surface area contributed by atoms with Gasteiger partial charge in [-0.25, -0.2) is 8.42 Å². The number of hydrogen-bond donors (Lipinski definition) is 1. The maximum atomic E-state index is 13.1. The number of hydrogen-bond acceptors (Lipinski definition) is 4. The number of para-hydroxylation sites is 2. The summed E-state index contributed by atoms with van der Waals surface area (Å²) in [5, 5.41) is 2.73.